The summed E-state index contributed by atoms with van der Waals surface area (Å²) in [5.74, 6) is 1.54. The van der Waals surface area contributed by atoms with Gasteiger partial charge in [-0.05, 0) is 40.8 Å². The molecule has 20 heavy (non-hydrogen) atoms. The first-order valence-corrected chi connectivity index (χ1v) is 7.33. The van der Waals surface area contributed by atoms with Crippen LogP contribution in [0.2, 0.25) is 0 Å². The lowest BCUT2D eigenvalue weighted by Crippen LogP contribution is -2.13. The maximum absolute atomic E-state index is 6.40. The number of ether oxygens (including phenoxy) is 1. The molecule has 0 amide bonds. The Morgan fingerprint density at radius 2 is 2.00 bits per heavy atom. The van der Waals surface area contributed by atoms with Crippen LogP contribution in [0, 0.1) is 3.57 Å². The van der Waals surface area contributed by atoms with Crippen LogP contribution in [0.1, 0.15) is 17.4 Å². The van der Waals surface area contributed by atoms with E-state index in [0.717, 1.165) is 31.4 Å². The quantitative estimate of drug-likeness (QED) is 0.698. The molecule has 0 bridgehead atoms. The van der Waals surface area contributed by atoms with Gasteiger partial charge in [-0.3, -0.25) is 0 Å². The second kappa shape index (κ2) is 5.46. The van der Waals surface area contributed by atoms with E-state index in [0.29, 0.717) is 0 Å². The SMILES string of the molecule is COc1ccc(I)cc1C(N)c1occ2ccccc12. The van der Waals surface area contributed by atoms with Gasteiger partial charge >= 0.3 is 0 Å². The number of halogens is 1. The van der Waals surface area contributed by atoms with Crippen molar-refractivity contribution in [1.82, 2.24) is 0 Å². The monoisotopic (exact) mass is 379 g/mol. The zero-order valence-corrected chi connectivity index (χ0v) is 13.1. The molecule has 0 saturated carbocycles. The van der Waals surface area contributed by atoms with Gasteiger partial charge in [0.1, 0.15) is 11.5 Å². The third-order valence-electron chi connectivity index (χ3n) is 3.35. The fraction of sp³-hybridized carbons (Fsp3) is 0.125. The molecular weight excluding hydrogens is 365 g/mol. The van der Waals surface area contributed by atoms with Crippen LogP contribution in [-0.2, 0) is 0 Å². The van der Waals surface area contributed by atoms with Gasteiger partial charge in [0.2, 0.25) is 0 Å². The van der Waals surface area contributed by atoms with Crippen molar-refractivity contribution in [3.05, 3.63) is 63.6 Å². The molecule has 1 unspecified atom stereocenters. The molecule has 1 atom stereocenters. The molecule has 4 heteroatoms. The summed E-state index contributed by atoms with van der Waals surface area (Å²) in [7, 11) is 1.65. The average Bonchev–Trinajstić information content (AvgIpc) is 2.90. The van der Waals surface area contributed by atoms with Crippen molar-refractivity contribution >= 4 is 33.4 Å². The van der Waals surface area contributed by atoms with Gasteiger partial charge in [0.25, 0.3) is 0 Å². The van der Waals surface area contributed by atoms with E-state index in [1.165, 1.54) is 0 Å². The van der Waals surface area contributed by atoms with Crippen molar-refractivity contribution in [2.45, 2.75) is 6.04 Å². The predicted octanol–water partition coefficient (Wildman–Crippen LogP) is 4.09. The average molecular weight is 379 g/mol. The number of fused-ring (bicyclic) bond motifs is 1. The van der Waals surface area contributed by atoms with E-state index in [1.54, 1.807) is 13.4 Å². The van der Waals surface area contributed by atoms with E-state index in [2.05, 4.69) is 22.6 Å². The minimum Gasteiger partial charge on any atom is -0.496 e. The Bertz CT molecular complexity index is 751. The largest absolute Gasteiger partial charge is 0.496 e. The topological polar surface area (TPSA) is 48.4 Å². The molecule has 0 radical (unpaired) electrons. The summed E-state index contributed by atoms with van der Waals surface area (Å²) in [5.41, 5.74) is 7.33. The number of methoxy groups -OCH3 is 1. The first-order chi connectivity index (χ1) is 9.70. The summed E-state index contributed by atoms with van der Waals surface area (Å²) in [6.07, 6.45) is 1.74. The van der Waals surface area contributed by atoms with Crippen molar-refractivity contribution < 1.29 is 9.15 Å². The molecule has 2 aromatic carbocycles. The van der Waals surface area contributed by atoms with Gasteiger partial charge in [0.05, 0.1) is 19.4 Å². The summed E-state index contributed by atoms with van der Waals surface area (Å²) >= 11 is 2.27. The molecule has 102 valence electrons. The minimum absolute atomic E-state index is 0.348. The van der Waals surface area contributed by atoms with Crippen LogP contribution in [0.25, 0.3) is 10.8 Å². The molecular formula is C16H14INO2. The molecule has 0 spiro atoms. The van der Waals surface area contributed by atoms with Crippen LogP contribution >= 0.6 is 22.6 Å². The van der Waals surface area contributed by atoms with Gasteiger partial charge in [0.15, 0.2) is 0 Å². The number of nitrogens with two attached hydrogens (primary N) is 1. The Morgan fingerprint density at radius 1 is 1.20 bits per heavy atom. The van der Waals surface area contributed by atoms with Crippen LogP contribution in [-0.4, -0.2) is 7.11 Å². The Kier molecular flexibility index (Phi) is 3.67. The van der Waals surface area contributed by atoms with Crippen LogP contribution in [0.5, 0.6) is 5.75 Å². The summed E-state index contributed by atoms with van der Waals surface area (Å²) in [5, 5.41) is 2.10. The van der Waals surface area contributed by atoms with Crippen molar-refractivity contribution in [1.29, 1.82) is 0 Å². The maximum atomic E-state index is 6.40. The van der Waals surface area contributed by atoms with Gasteiger partial charge in [-0.15, -0.1) is 0 Å². The maximum Gasteiger partial charge on any atom is 0.132 e. The normalized spacial score (nSPS) is 12.6. The van der Waals surface area contributed by atoms with E-state index in [-0.39, 0.29) is 6.04 Å². The van der Waals surface area contributed by atoms with Gasteiger partial charge < -0.3 is 14.9 Å². The molecule has 0 fully saturated rings. The zero-order chi connectivity index (χ0) is 14.1. The lowest BCUT2D eigenvalue weighted by Gasteiger charge is -2.14. The van der Waals surface area contributed by atoms with E-state index in [9.17, 15) is 0 Å². The lowest BCUT2D eigenvalue weighted by molar-refractivity contribution is 0.403. The van der Waals surface area contributed by atoms with Crippen LogP contribution in [0.4, 0.5) is 0 Å². The molecule has 3 rings (SSSR count). The van der Waals surface area contributed by atoms with Crippen molar-refractivity contribution in [2.24, 2.45) is 5.73 Å². The van der Waals surface area contributed by atoms with E-state index in [1.807, 2.05) is 42.5 Å². The summed E-state index contributed by atoms with van der Waals surface area (Å²) in [4.78, 5) is 0. The molecule has 3 nitrogen and oxygen atoms in total. The second-order valence-corrected chi connectivity index (χ2v) is 5.80. The van der Waals surface area contributed by atoms with E-state index < -0.39 is 0 Å². The Labute approximate surface area is 130 Å². The minimum atomic E-state index is -0.348. The number of furan rings is 1. The smallest absolute Gasteiger partial charge is 0.132 e. The number of hydrogen-bond donors (Lipinski definition) is 1. The third kappa shape index (κ3) is 2.29. The molecule has 0 aliphatic carbocycles. The Morgan fingerprint density at radius 3 is 2.80 bits per heavy atom. The van der Waals surface area contributed by atoms with Gasteiger partial charge in [-0.25, -0.2) is 0 Å². The predicted molar refractivity (Wildman–Crippen MR) is 88.0 cm³/mol. The third-order valence-corrected chi connectivity index (χ3v) is 4.02. The molecule has 2 N–H and O–H groups in total. The molecule has 1 aromatic heterocycles. The molecule has 3 aromatic rings. The van der Waals surface area contributed by atoms with Crippen LogP contribution in [0.15, 0.2) is 53.1 Å². The fourth-order valence-electron chi connectivity index (χ4n) is 2.34. The number of rotatable bonds is 3. The summed E-state index contributed by atoms with van der Waals surface area (Å²) in [6.45, 7) is 0. The molecule has 1 heterocycles. The summed E-state index contributed by atoms with van der Waals surface area (Å²) < 4.78 is 12.2. The highest BCUT2D eigenvalue weighted by molar-refractivity contribution is 14.1. The standard InChI is InChI=1S/C16H14INO2/c1-19-14-7-6-11(17)8-13(14)15(18)16-12-5-3-2-4-10(12)9-20-16/h2-9,15H,18H2,1H3. The van der Waals surface area contributed by atoms with Crippen molar-refractivity contribution in [2.75, 3.05) is 7.11 Å². The first-order valence-electron chi connectivity index (χ1n) is 6.26. The van der Waals surface area contributed by atoms with Gasteiger partial charge in [0, 0.05) is 19.9 Å². The van der Waals surface area contributed by atoms with Crippen molar-refractivity contribution in [3.8, 4) is 5.75 Å². The highest BCUT2D eigenvalue weighted by Crippen LogP contribution is 2.34. The molecule has 0 saturated heterocycles. The highest BCUT2D eigenvalue weighted by Gasteiger charge is 2.20. The molecule has 0 aliphatic rings. The Balaban J connectivity index is 2.13. The van der Waals surface area contributed by atoms with E-state index in [4.69, 9.17) is 14.9 Å². The summed E-state index contributed by atoms with van der Waals surface area (Å²) in [6, 6.07) is 13.6. The van der Waals surface area contributed by atoms with Crippen LogP contribution < -0.4 is 10.5 Å². The Hall–Kier alpha value is -1.53. The highest BCUT2D eigenvalue weighted by atomic mass is 127. The van der Waals surface area contributed by atoms with Crippen LogP contribution in [0.3, 0.4) is 0 Å². The fourth-order valence-corrected chi connectivity index (χ4v) is 2.86. The molecule has 0 aliphatic heterocycles. The number of benzene rings is 2. The van der Waals surface area contributed by atoms with Gasteiger partial charge in [-0.2, -0.15) is 0 Å². The van der Waals surface area contributed by atoms with E-state index >= 15 is 0 Å². The van der Waals surface area contributed by atoms with Crippen molar-refractivity contribution in [3.63, 3.8) is 0 Å². The van der Waals surface area contributed by atoms with Gasteiger partial charge in [-0.1, -0.05) is 24.3 Å². The second-order valence-electron chi connectivity index (χ2n) is 4.55. The zero-order valence-electron chi connectivity index (χ0n) is 11.0. The first kappa shape index (κ1) is 13.5. The lowest BCUT2D eigenvalue weighted by atomic mass is 10.0. The number of hydrogen-bond acceptors (Lipinski definition) is 3.